The molecule has 1 amide bonds. The third-order valence-corrected chi connectivity index (χ3v) is 7.93. The van der Waals surface area contributed by atoms with E-state index in [-0.39, 0.29) is 17.4 Å². The molecule has 4 atom stereocenters. The van der Waals surface area contributed by atoms with Crippen LogP contribution in [0.3, 0.4) is 0 Å². The molecule has 0 saturated carbocycles. The molecule has 1 aromatic carbocycles. The van der Waals surface area contributed by atoms with E-state index in [0.29, 0.717) is 25.3 Å². The van der Waals surface area contributed by atoms with Gasteiger partial charge in [0.2, 0.25) is 0 Å². The molecule has 1 aliphatic carbocycles. The van der Waals surface area contributed by atoms with Crippen molar-refractivity contribution in [3.8, 4) is 0 Å². The second-order valence-corrected chi connectivity index (χ2v) is 10.7. The first-order valence-corrected chi connectivity index (χ1v) is 12.5. The minimum Gasteiger partial charge on any atom is -0.389 e. The van der Waals surface area contributed by atoms with Crippen LogP contribution in [0.1, 0.15) is 74.9 Å². The largest absolute Gasteiger partial charge is 0.389 e. The Labute approximate surface area is 204 Å². The number of amidine groups is 1. The lowest BCUT2D eigenvalue weighted by molar-refractivity contribution is 0.0273. The Kier molecular flexibility index (Phi) is 8.09. The van der Waals surface area contributed by atoms with Gasteiger partial charge in [-0.1, -0.05) is 39.5 Å². The molecule has 1 aromatic rings. The van der Waals surface area contributed by atoms with Gasteiger partial charge in [-0.05, 0) is 68.5 Å². The molecule has 3 unspecified atom stereocenters. The van der Waals surface area contributed by atoms with Gasteiger partial charge in [0, 0.05) is 25.1 Å². The van der Waals surface area contributed by atoms with Crippen LogP contribution in [-0.2, 0) is 11.8 Å². The maximum absolute atomic E-state index is 13.4. The van der Waals surface area contributed by atoms with E-state index < -0.39 is 17.7 Å². The Morgan fingerprint density at radius 1 is 1.41 bits per heavy atom. The van der Waals surface area contributed by atoms with Crippen molar-refractivity contribution in [1.29, 1.82) is 0 Å². The van der Waals surface area contributed by atoms with Gasteiger partial charge in [-0.3, -0.25) is 14.7 Å². The van der Waals surface area contributed by atoms with E-state index in [0.717, 1.165) is 36.8 Å². The van der Waals surface area contributed by atoms with Gasteiger partial charge in [-0.15, -0.1) is 0 Å². The summed E-state index contributed by atoms with van der Waals surface area (Å²) in [5, 5.41) is 17.8. The van der Waals surface area contributed by atoms with Gasteiger partial charge >= 0.3 is 0 Å². The number of fused-ring (bicyclic) bond motifs is 1. The molecule has 2 aliphatic rings. The number of aliphatic hydroxyl groups is 1. The summed E-state index contributed by atoms with van der Waals surface area (Å²) in [6, 6.07) is 5.32. The highest BCUT2D eigenvalue weighted by molar-refractivity contribution is 5.96. The number of nitrogens with zero attached hydrogens (tertiary/aromatic N) is 2. The van der Waals surface area contributed by atoms with Crippen LogP contribution in [-0.4, -0.2) is 65.6 Å². The molecule has 0 bridgehead atoms. The van der Waals surface area contributed by atoms with Crippen LogP contribution in [0, 0.1) is 0 Å². The quantitative estimate of drug-likeness (QED) is 0.329. The number of carbonyl (C=O) groups is 1. The summed E-state index contributed by atoms with van der Waals surface area (Å²) in [5.41, 5.74) is 8.67. The lowest BCUT2D eigenvalue weighted by Gasteiger charge is -2.40. The van der Waals surface area contributed by atoms with Crippen molar-refractivity contribution in [1.82, 2.24) is 15.5 Å². The Morgan fingerprint density at radius 2 is 2.15 bits per heavy atom. The van der Waals surface area contributed by atoms with Crippen LogP contribution in [0.5, 0.6) is 0 Å². The molecule has 3 rings (SSSR count). The maximum Gasteiger partial charge on any atom is 0.251 e. The Bertz CT molecular complexity index is 928. The van der Waals surface area contributed by atoms with Gasteiger partial charge in [0.1, 0.15) is 0 Å². The molecule has 1 fully saturated rings. The zero-order valence-corrected chi connectivity index (χ0v) is 21.5. The number of nitrogens with one attached hydrogen (secondary N) is 2. The number of rotatable bonds is 9. The second-order valence-electron chi connectivity index (χ2n) is 10.7. The number of amides is 1. The molecule has 0 radical (unpaired) electrons. The van der Waals surface area contributed by atoms with Crippen molar-refractivity contribution in [3.05, 3.63) is 47.7 Å². The first-order valence-electron chi connectivity index (χ1n) is 12.5. The third-order valence-electron chi connectivity index (χ3n) is 7.93. The fourth-order valence-corrected chi connectivity index (χ4v) is 5.69. The van der Waals surface area contributed by atoms with E-state index in [1.165, 1.54) is 5.56 Å². The van der Waals surface area contributed by atoms with Crippen LogP contribution < -0.4 is 16.4 Å². The summed E-state index contributed by atoms with van der Waals surface area (Å²) < 4.78 is 0. The van der Waals surface area contributed by atoms with Crippen LogP contribution in [0.15, 0.2) is 36.0 Å². The van der Waals surface area contributed by atoms with Gasteiger partial charge in [0.15, 0.2) is 0 Å². The lowest BCUT2D eigenvalue weighted by Crippen LogP contribution is -2.59. The summed E-state index contributed by atoms with van der Waals surface area (Å²) in [4.78, 5) is 20.3. The van der Waals surface area contributed by atoms with Crippen molar-refractivity contribution in [2.24, 2.45) is 10.7 Å². The van der Waals surface area contributed by atoms with Gasteiger partial charge in [0.25, 0.3) is 5.91 Å². The number of hydrogen-bond donors (Lipinski definition) is 4. The van der Waals surface area contributed by atoms with Gasteiger partial charge in [-0.2, -0.15) is 0 Å². The number of aliphatic hydroxyl groups excluding tert-OH is 1. The Balaban J connectivity index is 1.84. The first kappa shape index (κ1) is 26.2. The van der Waals surface area contributed by atoms with E-state index in [1.54, 1.807) is 6.20 Å². The summed E-state index contributed by atoms with van der Waals surface area (Å²) in [5.74, 6) is 0.456. The van der Waals surface area contributed by atoms with Crippen LogP contribution in [0.2, 0.25) is 0 Å². The molecule has 1 heterocycles. The van der Waals surface area contributed by atoms with Gasteiger partial charge < -0.3 is 21.5 Å². The first-order chi connectivity index (χ1) is 16.1. The Morgan fingerprint density at radius 3 is 2.82 bits per heavy atom. The number of benzene rings is 1. The molecule has 1 saturated heterocycles. The van der Waals surface area contributed by atoms with E-state index >= 15 is 0 Å². The highest BCUT2D eigenvalue weighted by Gasteiger charge is 2.53. The monoisotopic (exact) mass is 469 g/mol. The third kappa shape index (κ3) is 5.01. The fraction of sp³-hybridized carbons (Fsp3) is 0.630. The molecular weight excluding hydrogens is 426 g/mol. The van der Waals surface area contributed by atoms with E-state index in [9.17, 15) is 9.90 Å². The maximum atomic E-state index is 13.4. The summed E-state index contributed by atoms with van der Waals surface area (Å²) in [6.45, 7) is 13.3. The number of carbonyl (C=O) groups excluding carboxylic acids is 1. The highest BCUT2D eigenvalue weighted by atomic mass is 16.3. The fourth-order valence-electron chi connectivity index (χ4n) is 5.69. The predicted molar refractivity (Wildman–Crippen MR) is 139 cm³/mol. The van der Waals surface area contributed by atoms with Crippen molar-refractivity contribution < 1.29 is 9.90 Å². The van der Waals surface area contributed by atoms with Crippen molar-refractivity contribution in [3.63, 3.8) is 0 Å². The smallest absolute Gasteiger partial charge is 0.251 e. The molecule has 5 N–H and O–H groups in total. The SMILES string of the molecule is C=CNCC(N=C(N)CCC)C1(C)[C@H](O)C(NC(=O)c2cccc3c2CCCC3(C)C)CN1C. The normalized spacial score (nSPS) is 27.6. The van der Waals surface area contributed by atoms with Crippen molar-refractivity contribution in [2.75, 3.05) is 20.1 Å². The average molecular weight is 470 g/mol. The predicted octanol–water partition coefficient (Wildman–Crippen LogP) is 2.72. The van der Waals surface area contributed by atoms with Crippen molar-refractivity contribution in [2.45, 2.75) is 88.9 Å². The van der Waals surface area contributed by atoms with E-state index in [2.05, 4.69) is 49.0 Å². The molecular formula is C27H43N5O2. The molecule has 1 aliphatic heterocycles. The number of hydrogen-bond acceptors (Lipinski definition) is 5. The molecule has 34 heavy (non-hydrogen) atoms. The van der Waals surface area contributed by atoms with E-state index in [4.69, 9.17) is 10.7 Å². The van der Waals surface area contributed by atoms with Gasteiger partial charge in [0.05, 0.1) is 29.6 Å². The van der Waals surface area contributed by atoms with E-state index in [1.807, 2.05) is 26.1 Å². The number of likely N-dealkylation sites (N-methyl/N-ethyl adjacent to an activating group) is 1. The van der Waals surface area contributed by atoms with Crippen LogP contribution in [0.4, 0.5) is 0 Å². The van der Waals surface area contributed by atoms with Gasteiger partial charge in [-0.25, -0.2) is 0 Å². The molecule has 188 valence electrons. The molecule has 7 heteroatoms. The van der Waals surface area contributed by atoms with Crippen LogP contribution in [0.25, 0.3) is 0 Å². The zero-order chi connectivity index (χ0) is 25.1. The second kappa shape index (κ2) is 10.5. The number of likely N-dealkylation sites (tertiary alicyclic amines) is 1. The number of aliphatic imine (C=N–C) groups is 1. The minimum atomic E-state index is -0.813. The van der Waals surface area contributed by atoms with Crippen LogP contribution >= 0.6 is 0 Å². The van der Waals surface area contributed by atoms with Crippen molar-refractivity contribution >= 4 is 11.7 Å². The summed E-state index contributed by atoms with van der Waals surface area (Å²) >= 11 is 0. The lowest BCUT2D eigenvalue weighted by atomic mass is 9.71. The highest BCUT2D eigenvalue weighted by Crippen LogP contribution is 2.38. The summed E-state index contributed by atoms with van der Waals surface area (Å²) in [6.07, 6.45) is 5.53. The molecule has 7 nitrogen and oxygen atoms in total. The Hall–Kier alpha value is -2.38. The topological polar surface area (TPSA) is 103 Å². The average Bonchev–Trinajstić information content (AvgIpc) is 3.00. The zero-order valence-electron chi connectivity index (χ0n) is 21.5. The molecule has 0 spiro atoms. The minimum absolute atomic E-state index is 0.0668. The molecule has 0 aromatic heterocycles. The standard InChI is InChI=1S/C27H43N5O2/c1-7-11-23(28)31-22(16-29-8-2)27(5)24(33)21(17-32(27)6)30-25(34)19-12-9-14-20-18(19)13-10-15-26(20,3)4/h8-9,12,14,21-22,24,29,33H,2,7,10-11,13,15-17H2,1,3-6H3,(H2,28,31)(H,30,34)/t21?,22?,24-,27?/m1/s1. The summed E-state index contributed by atoms with van der Waals surface area (Å²) in [7, 11) is 1.97. The number of nitrogens with two attached hydrogens (primary N) is 1.